The Labute approximate surface area is 95.9 Å². The van der Waals surface area contributed by atoms with Crippen molar-refractivity contribution in [1.29, 1.82) is 0 Å². The lowest BCUT2D eigenvalue weighted by atomic mass is 10.1. The van der Waals surface area contributed by atoms with E-state index in [1.54, 1.807) is 18.2 Å². The Morgan fingerprint density at radius 3 is 2.87 bits per heavy atom. The second kappa shape index (κ2) is 5.66. The van der Waals surface area contributed by atoms with E-state index in [4.69, 9.17) is 0 Å². The number of carbonyl (C=O) groups is 1. The molecule has 0 fully saturated rings. The molecule has 0 radical (unpaired) electrons. The van der Waals surface area contributed by atoms with E-state index in [0.29, 0.717) is 16.5 Å². The maximum atomic E-state index is 12.8. The zero-order valence-electron chi connectivity index (χ0n) is 8.17. The van der Waals surface area contributed by atoms with E-state index in [-0.39, 0.29) is 5.82 Å². The fourth-order valence-electron chi connectivity index (χ4n) is 1.08. The Bertz CT molecular complexity index is 388. The summed E-state index contributed by atoms with van der Waals surface area (Å²) in [5.74, 6) is -0.751. The maximum Gasteiger partial charge on any atom is 0.334 e. The number of alkyl halides is 1. The molecule has 0 unspecified atom stereocenters. The molecule has 0 spiro atoms. The van der Waals surface area contributed by atoms with Gasteiger partial charge in [-0.05, 0) is 23.8 Å². The summed E-state index contributed by atoms with van der Waals surface area (Å²) in [6, 6.07) is 6.01. The fourth-order valence-corrected chi connectivity index (χ4v) is 1.47. The van der Waals surface area contributed by atoms with E-state index in [1.807, 2.05) is 0 Å². The van der Waals surface area contributed by atoms with Crippen LogP contribution in [0.4, 0.5) is 4.39 Å². The molecule has 0 aliphatic rings. The third kappa shape index (κ3) is 3.47. The van der Waals surface area contributed by atoms with Crippen LogP contribution in [0.15, 0.2) is 29.8 Å². The van der Waals surface area contributed by atoms with Crippen LogP contribution in [0, 0.1) is 5.82 Å². The van der Waals surface area contributed by atoms with Gasteiger partial charge in [0.25, 0.3) is 0 Å². The van der Waals surface area contributed by atoms with Gasteiger partial charge in [0, 0.05) is 10.9 Å². The third-order valence-corrected chi connectivity index (χ3v) is 2.39. The molecule has 0 aliphatic heterocycles. The van der Waals surface area contributed by atoms with Crippen molar-refractivity contribution in [3.63, 3.8) is 0 Å². The molecule has 4 heteroatoms. The van der Waals surface area contributed by atoms with Crippen molar-refractivity contribution in [3.05, 3.63) is 41.2 Å². The van der Waals surface area contributed by atoms with E-state index >= 15 is 0 Å². The second-order valence-electron chi connectivity index (χ2n) is 2.85. The number of ether oxygens (including phenoxy) is 1. The number of methoxy groups -OCH3 is 1. The first-order valence-electron chi connectivity index (χ1n) is 4.28. The highest BCUT2D eigenvalue weighted by atomic mass is 79.9. The fraction of sp³-hybridized carbons (Fsp3) is 0.182. The molecule has 15 heavy (non-hydrogen) atoms. The molecular formula is C11H10BrFO2. The Morgan fingerprint density at radius 1 is 1.60 bits per heavy atom. The maximum absolute atomic E-state index is 12.8. The average molecular weight is 273 g/mol. The first-order valence-corrected chi connectivity index (χ1v) is 5.40. The normalized spacial score (nSPS) is 11.3. The zero-order valence-corrected chi connectivity index (χ0v) is 9.75. The molecule has 2 nitrogen and oxygen atoms in total. The smallest absolute Gasteiger partial charge is 0.334 e. The molecule has 80 valence electrons. The van der Waals surface area contributed by atoms with E-state index in [9.17, 15) is 9.18 Å². The van der Waals surface area contributed by atoms with Gasteiger partial charge in [-0.2, -0.15) is 0 Å². The summed E-state index contributed by atoms with van der Waals surface area (Å²) >= 11 is 3.17. The van der Waals surface area contributed by atoms with E-state index in [1.165, 1.54) is 19.2 Å². The number of halogens is 2. The molecule has 0 aromatic heterocycles. The molecule has 1 rings (SSSR count). The molecule has 0 saturated heterocycles. The Hall–Kier alpha value is -1.16. The van der Waals surface area contributed by atoms with Crippen LogP contribution in [0.25, 0.3) is 6.08 Å². The summed E-state index contributed by atoms with van der Waals surface area (Å²) in [6.07, 6.45) is 1.59. The van der Waals surface area contributed by atoms with Gasteiger partial charge >= 0.3 is 5.97 Å². The number of benzene rings is 1. The van der Waals surface area contributed by atoms with Gasteiger partial charge in [-0.25, -0.2) is 9.18 Å². The van der Waals surface area contributed by atoms with Gasteiger partial charge in [-0.15, -0.1) is 0 Å². The largest absolute Gasteiger partial charge is 0.466 e. The predicted octanol–water partition coefficient (Wildman–Crippen LogP) is 2.78. The molecule has 1 aromatic rings. The SMILES string of the molecule is COC(=O)/C(=C/c1cccc(F)c1)CBr. The minimum absolute atomic E-state index is 0.331. The molecular weight excluding hydrogens is 263 g/mol. The standard InChI is InChI=1S/C11H10BrFO2/c1-15-11(14)9(7-12)5-8-3-2-4-10(13)6-8/h2-6H,7H2,1H3/b9-5+. The van der Waals surface area contributed by atoms with Crippen molar-refractivity contribution >= 4 is 28.0 Å². The van der Waals surface area contributed by atoms with Crippen molar-refractivity contribution in [3.8, 4) is 0 Å². The highest BCUT2D eigenvalue weighted by Crippen LogP contribution is 2.11. The van der Waals surface area contributed by atoms with Crippen LogP contribution in [0.1, 0.15) is 5.56 Å². The minimum Gasteiger partial charge on any atom is -0.466 e. The van der Waals surface area contributed by atoms with Crippen molar-refractivity contribution in [2.24, 2.45) is 0 Å². The highest BCUT2D eigenvalue weighted by molar-refractivity contribution is 9.09. The molecule has 0 amide bonds. The summed E-state index contributed by atoms with van der Waals surface area (Å²) in [6.45, 7) is 0. The molecule has 0 N–H and O–H groups in total. The van der Waals surface area contributed by atoms with Crippen LogP contribution in [-0.4, -0.2) is 18.4 Å². The molecule has 1 aromatic carbocycles. The van der Waals surface area contributed by atoms with Crippen molar-refractivity contribution in [2.75, 3.05) is 12.4 Å². The van der Waals surface area contributed by atoms with Crippen LogP contribution >= 0.6 is 15.9 Å². The minimum atomic E-state index is -0.420. The first-order chi connectivity index (χ1) is 7.17. The van der Waals surface area contributed by atoms with Crippen LogP contribution in [0.2, 0.25) is 0 Å². The Balaban J connectivity index is 2.98. The van der Waals surface area contributed by atoms with Crippen LogP contribution in [0.3, 0.4) is 0 Å². The lowest BCUT2D eigenvalue weighted by Crippen LogP contribution is -2.05. The summed E-state index contributed by atoms with van der Waals surface area (Å²) in [7, 11) is 1.31. The first kappa shape index (κ1) is 11.9. The lowest BCUT2D eigenvalue weighted by molar-refractivity contribution is -0.135. The summed E-state index contributed by atoms with van der Waals surface area (Å²) in [5, 5.41) is 0.371. The predicted molar refractivity (Wildman–Crippen MR) is 60.2 cm³/mol. The molecule has 0 saturated carbocycles. The monoisotopic (exact) mass is 272 g/mol. The second-order valence-corrected chi connectivity index (χ2v) is 3.41. The quantitative estimate of drug-likeness (QED) is 0.481. The number of rotatable bonds is 3. The number of hydrogen-bond acceptors (Lipinski definition) is 2. The zero-order chi connectivity index (χ0) is 11.3. The van der Waals surface area contributed by atoms with E-state index in [2.05, 4.69) is 20.7 Å². The molecule has 0 heterocycles. The number of carbonyl (C=O) groups excluding carboxylic acids is 1. The molecule has 0 aliphatic carbocycles. The van der Waals surface area contributed by atoms with Crippen molar-refractivity contribution in [2.45, 2.75) is 0 Å². The lowest BCUT2D eigenvalue weighted by Gasteiger charge is -2.01. The van der Waals surface area contributed by atoms with Crippen LogP contribution in [-0.2, 0) is 9.53 Å². The Morgan fingerprint density at radius 2 is 2.33 bits per heavy atom. The molecule has 0 bridgehead atoms. The van der Waals surface area contributed by atoms with Crippen molar-refractivity contribution in [1.82, 2.24) is 0 Å². The Kier molecular flexibility index (Phi) is 4.49. The number of esters is 1. The van der Waals surface area contributed by atoms with Crippen LogP contribution < -0.4 is 0 Å². The van der Waals surface area contributed by atoms with Gasteiger partial charge < -0.3 is 4.74 Å². The van der Waals surface area contributed by atoms with Gasteiger partial charge in [-0.3, -0.25) is 0 Å². The summed E-state index contributed by atoms with van der Waals surface area (Å²) < 4.78 is 17.4. The van der Waals surface area contributed by atoms with Gasteiger partial charge in [0.05, 0.1) is 7.11 Å². The van der Waals surface area contributed by atoms with Crippen LogP contribution in [0.5, 0.6) is 0 Å². The van der Waals surface area contributed by atoms with E-state index in [0.717, 1.165) is 0 Å². The molecule has 0 atom stereocenters. The summed E-state index contributed by atoms with van der Waals surface area (Å²) in [5.41, 5.74) is 1.08. The average Bonchev–Trinajstić information content (AvgIpc) is 2.25. The van der Waals surface area contributed by atoms with Gasteiger partial charge in [0.2, 0.25) is 0 Å². The van der Waals surface area contributed by atoms with Gasteiger partial charge in [0.15, 0.2) is 0 Å². The number of hydrogen-bond donors (Lipinski definition) is 0. The highest BCUT2D eigenvalue weighted by Gasteiger charge is 2.07. The summed E-state index contributed by atoms with van der Waals surface area (Å²) in [4.78, 5) is 11.2. The van der Waals surface area contributed by atoms with Gasteiger partial charge in [0.1, 0.15) is 5.82 Å². The van der Waals surface area contributed by atoms with Crippen molar-refractivity contribution < 1.29 is 13.9 Å². The topological polar surface area (TPSA) is 26.3 Å². The third-order valence-electron chi connectivity index (χ3n) is 1.78. The van der Waals surface area contributed by atoms with E-state index < -0.39 is 5.97 Å². The van der Waals surface area contributed by atoms with Gasteiger partial charge in [-0.1, -0.05) is 28.1 Å².